The molecule has 6 heteroatoms. The molecule has 0 aliphatic heterocycles. The van der Waals surface area contributed by atoms with Crippen molar-refractivity contribution >= 4 is 33.9 Å². The van der Waals surface area contributed by atoms with E-state index in [1.54, 1.807) is 6.20 Å². The molecule has 106 valence electrons. The summed E-state index contributed by atoms with van der Waals surface area (Å²) in [4.78, 5) is 9.02. The maximum atomic E-state index is 5.79. The molecule has 3 aromatic rings. The smallest absolute Gasteiger partial charge is 0.213 e. The molecular weight excluding hydrogens is 284 g/mol. The van der Waals surface area contributed by atoms with Crippen molar-refractivity contribution in [3.05, 3.63) is 53.7 Å². The van der Waals surface area contributed by atoms with Gasteiger partial charge in [-0.1, -0.05) is 30.4 Å². The summed E-state index contributed by atoms with van der Waals surface area (Å²) in [6, 6.07) is 9.76. The van der Waals surface area contributed by atoms with Crippen LogP contribution in [0.3, 0.4) is 0 Å². The Morgan fingerprint density at radius 2 is 2.19 bits per heavy atom. The van der Waals surface area contributed by atoms with E-state index in [0.717, 1.165) is 16.7 Å². The Morgan fingerprint density at radius 1 is 1.38 bits per heavy atom. The van der Waals surface area contributed by atoms with Crippen LogP contribution in [0.1, 0.15) is 17.2 Å². The van der Waals surface area contributed by atoms with E-state index in [1.165, 1.54) is 0 Å². The molecule has 3 rings (SSSR count). The topological polar surface area (TPSA) is 77.0 Å². The third-order valence-electron chi connectivity index (χ3n) is 3.07. The normalized spacial score (nSPS) is 10.7. The van der Waals surface area contributed by atoms with Crippen LogP contribution in [0.4, 0.5) is 5.82 Å². The van der Waals surface area contributed by atoms with E-state index in [4.69, 9.17) is 22.4 Å². The molecule has 21 heavy (non-hydrogen) atoms. The highest BCUT2D eigenvalue weighted by atomic mass is 32.1. The highest BCUT2D eigenvalue weighted by Gasteiger charge is 2.10. The third-order valence-corrected chi connectivity index (χ3v) is 3.29. The van der Waals surface area contributed by atoms with Crippen molar-refractivity contribution < 1.29 is 4.42 Å². The van der Waals surface area contributed by atoms with Crippen LogP contribution in [0.15, 0.2) is 40.9 Å². The van der Waals surface area contributed by atoms with Crippen molar-refractivity contribution in [2.75, 3.05) is 5.32 Å². The summed E-state index contributed by atoms with van der Waals surface area (Å²) in [6.45, 7) is 2.28. The van der Waals surface area contributed by atoms with E-state index in [1.807, 2.05) is 37.3 Å². The van der Waals surface area contributed by atoms with Gasteiger partial charge in [0.25, 0.3) is 0 Å². The molecule has 0 amide bonds. The summed E-state index contributed by atoms with van der Waals surface area (Å²) in [5.74, 6) is 2.00. The Labute approximate surface area is 127 Å². The summed E-state index contributed by atoms with van der Waals surface area (Å²) in [6.07, 6.45) is 1.68. The van der Waals surface area contributed by atoms with Crippen LogP contribution >= 0.6 is 12.2 Å². The quantitative estimate of drug-likeness (QED) is 0.721. The third kappa shape index (κ3) is 2.85. The van der Waals surface area contributed by atoms with Crippen LogP contribution in [0.5, 0.6) is 0 Å². The number of nitrogens with one attached hydrogen (secondary N) is 1. The molecule has 2 aromatic heterocycles. The number of hydrogen-bond donors (Lipinski definition) is 2. The summed E-state index contributed by atoms with van der Waals surface area (Å²) in [5, 5.41) is 4.18. The first-order valence-corrected chi connectivity index (χ1v) is 6.89. The van der Waals surface area contributed by atoms with Gasteiger partial charge in [0.15, 0.2) is 0 Å². The Morgan fingerprint density at radius 3 is 2.90 bits per heavy atom. The zero-order valence-electron chi connectivity index (χ0n) is 11.5. The van der Waals surface area contributed by atoms with Crippen LogP contribution < -0.4 is 11.1 Å². The molecular formula is C15H14N4OS. The van der Waals surface area contributed by atoms with Crippen LogP contribution in [0, 0.1) is 6.92 Å². The van der Waals surface area contributed by atoms with E-state index in [2.05, 4.69) is 15.3 Å². The van der Waals surface area contributed by atoms with E-state index in [0.29, 0.717) is 28.8 Å². The number of hydrogen-bond acceptors (Lipinski definition) is 5. The van der Waals surface area contributed by atoms with Crippen LogP contribution in [-0.2, 0) is 6.54 Å². The molecule has 2 heterocycles. The number of oxazole rings is 1. The minimum absolute atomic E-state index is 0.305. The number of benzene rings is 1. The Bertz CT molecular complexity index is 812. The predicted molar refractivity (Wildman–Crippen MR) is 86.2 cm³/mol. The van der Waals surface area contributed by atoms with Gasteiger partial charge in [-0.3, -0.25) is 0 Å². The van der Waals surface area contributed by atoms with Gasteiger partial charge in [-0.2, -0.15) is 0 Å². The fourth-order valence-electron chi connectivity index (χ4n) is 2.08. The van der Waals surface area contributed by atoms with Crippen molar-refractivity contribution in [2.24, 2.45) is 5.73 Å². The number of nitrogens with two attached hydrogens (primary N) is 1. The molecule has 0 spiro atoms. The van der Waals surface area contributed by atoms with Gasteiger partial charge in [0.05, 0.1) is 23.8 Å². The molecule has 0 aliphatic carbocycles. The maximum absolute atomic E-state index is 5.79. The molecule has 0 radical (unpaired) electrons. The summed E-state index contributed by atoms with van der Waals surface area (Å²) < 4.78 is 5.43. The minimum atomic E-state index is 0.305. The number of thiocarbonyl (C=S) groups is 1. The van der Waals surface area contributed by atoms with Gasteiger partial charge in [-0.15, -0.1) is 0 Å². The number of para-hydroxylation sites is 1. The number of anilines is 1. The van der Waals surface area contributed by atoms with Gasteiger partial charge in [0, 0.05) is 5.39 Å². The molecule has 1 aromatic carbocycles. The lowest BCUT2D eigenvalue weighted by Crippen LogP contribution is -2.14. The van der Waals surface area contributed by atoms with Crippen LogP contribution in [-0.4, -0.2) is 15.0 Å². The van der Waals surface area contributed by atoms with Gasteiger partial charge < -0.3 is 15.5 Å². The Balaban J connectivity index is 1.95. The first-order valence-electron chi connectivity index (χ1n) is 6.48. The van der Waals surface area contributed by atoms with Gasteiger partial charge in [-0.05, 0) is 19.1 Å². The maximum Gasteiger partial charge on any atom is 0.213 e. The molecule has 3 N–H and O–H groups in total. The van der Waals surface area contributed by atoms with Crippen LogP contribution in [0.2, 0.25) is 0 Å². The zero-order valence-corrected chi connectivity index (χ0v) is 12.3. The Kier molecular flexibility index (Phi) is 3.53. The fraction of sp³-hybridized carbons (Fsp3) is 0.133. The lowest BCUT2D eigenvalue weighted by molar-refractivity contribution is 0.479. The SMILES string of the molecule is Cc1cnc(CNc2nc3ccccc3cc2C(N)=S)o1. The van der Waals surface area contributed by atoms with Crippen molar-refractivity contribution in [3.63, 3.8) is 0 Å². The standard InChI is InChI=1S/C15H14N4OS/c1-9-7-17-13(20-9)8-18-15-11(14(16)21)6-10-4-2-3-5-12(10)19-15/h2-7H,8H2,1H3,(H2,16,21)(H,18,19). The second-order valence-corrected chi connectivity index (χ2v) is 5.10. The number of aromatic nitrogens is 2. The van der Waals surface area contributed by atoms with Crippen molar-refractivity contribution in [2.45, 2.75) is 13.5 Å². The summed E-state index contributed by atoms with van der Waals surface area (Å²) >= 11 is 5.11. The number of fused-ring (bicyclic) bond motifs is 1. The van der Waals surface area contributed by atoms with Crippen LogP contribution in [0.25, 0.3) is 10.9 Å². The first-order chi connectivity index (χ1) is 10.1. The fourth-order valence-corrected chi connectivity index (χ4v) is 2.24. The lowest BCUT2D eigenvalue weighted by Gasteiger charge is -2.10. The van der Waals surface area contributed by atoms with Crippen molar-refractivity contribution in [1.29, 1.82) is 0 Å². The summed E-state index contributed by atoms with van der Waals surface area (Å²) in [7, 11) is 0. The van der Waals surface area contributed by atoms with E-state index >= 15 is 0 Å². The molecule has 0 saturated carbocycles. The number of nitrogens with zero attached hydrogens (tertiary/aromatic N) is 2. The Hall–Kier alpha value is -2.47. The van der Waals surface area contributed by atoms with Gasteiger partial charge in [0.1, 0.15) is 16.6 Å². The van der Waals surface area contributed by atoms with Gasteiger partial charge in [-0.25, -0.2) is 9.97 Å². The van der Waals surface area contributed by atoms with E-state index in [-0.39, 0.29) is 0 Å². The number of aryl methyl sites for hydroxylation is 1. The number of pyridine rings is 1. The lowest BCUT2D eigenvalue weighted by atomic mass is 10.1. The monoisotopic (exact) mass is 298 g/mol. The molecule has 0 atom stereocenters. The molecule has 0 fully saturated rings. The highest BCUT2D eigenvalue weighted by molar-refractivity contribution is 7.80. The van der Waals surface area contributed by atoms with Gasteiger partial charge >= 0.3 is 0 Å². The number of rotatable bonds is 4. The predicted octanol–water partition coefficient (Wildman–Crippen LogP) is 2.78. The van der Waals surface area contributed by atoms with Crippen molar-refractivity contribution in [3.8, 4) is 0 Å². The van der Waals surface area contributed by atoms with Crippen molar-refractivity contribution in [1.82, 2.24) is 9.97 Å². The van der Waals surface area contributed by atoms with Gasteiger partial charge in [0.2, 0.25) is 5.89 Å². The molecule has 0 saturated heterocycles. The zero-order chi connectivity index (χ0) is 14.8. The highest BCUT2D eigenvalue weighted by Crippen LogP contribution is 2.21. The minimum Gasteiger partial charge on any atom is -0.444 e. The second-order valence-electron chi connectivity index (χ2n) is 4.66. The first kappa shape index (κ1) is 13.5. The van der Waals surface area contributed by atoms with E-state index in [9.17, 15) is 0 Å². The average molecular weight is 298 g/mol. The molecule has 0 aliphatic rings. The molecule has 5 nitrogen and oxygen atoms in total. The molecule has 0 bridgehead atoms. The summed E-state index contributed by atoms with van der Waals surface area (Å²) in [5.41, 5.74) is 7.38. The van der Waals surface area contributed by atoms with E-state index < -0.39 is 0 Å². The molecule has 0 unspecified atom stereocenters. The average Bonchev–Trinajstić information content (AvgIpc) is 2.89. The largest absolute Gasteiger partial charge is 0.444 e. The second kappa shape index (κ2) is 5.49.